The van der Waals surface area contributed by atoms with Gasteiger partial charge in [-0.25, -0.2) is 0 Å². The zero-order valence-corrected chi connectivity index (χ0v) is 12.7. The molecule has 5 heteroatoms. The summed E-state index contributed by atoms with van der Waals surface area (Å²) in [5.74, 6) is 0.315. The van der Waals surface area contributed by atoms with Crippen LogP contribution in [0.1, 0.15) is 36.1 Å². The molecule has 110 valence electrons. The van der Waals surface area contributed by atoms with Crippen LogP contribution < -0.4 is 5.73 Å². The van der Waals surface area contributed by atoms with Gasteiger partial charge in [-0.3, -0.25) is 4.79 Å². The molecular weight excluding hydrogens is 272 g/mol. The van der Waals surface area contributed by atoms with E-state index in [-0.39, 0.29) is 24.0 Å². The van der Waals surface area contributed by atoms with Gasteiger partial charge in [0.25, 0.3) is 0 Å². The van der Waals surface area contributed by atoms with Crippen LogP contribution in [0, 0.1) is 0 Å². The van der Waals surface area contributed by atoms with E-state index in [2.05, 4.69) is 11.4 Å². The third-order valence-electron chi connectivity index (χ3n) is 4.34. The lowest BCUT2D eigenvalue weighted by atomic mass is 9.86. The molecule has 0 saturated carbocycles. The van der Waals surface area contributed by atoms with Gasteiger partial charge in [-0.1, -0.05) is 0 Å². The van der Waals surface area contributed by atoms with Crippen LogP contribution in [0.25, 0.3) is 0 Å². The van der Waals surface area contributed by atoms with Crippen molar-refractivity contribution in [1.82, 2.24) is 4.90 Å². The largest absolute Gasteiger partial charge is 0.373 e. The highest BCUT2D eigenvalue weighted by molar-refractivity contribution is 7.10. The van der Waals surface area contributed by atoms with E-state index in [4.69, 9.17) is 10.5 Å². The number of ether oxygens (including phenoxy) is 1. The number of hydrogen-bond donors (Lipinski definition) is 1. The minimum atomic E-state index is -0.0336. The monoisotopic (exact) mass is 294 g/mol. The number of carbonyl (C=O) groups is 1. The SMILES string of the molecule is CC(N)C1CN(C(=O)C2CCCc3sccc32)CCO1. The number of rotatable bonds is 2. The third-order valence-corrected chi connectivity index (χ3v) is 5.34. The number of thiophene rings is 1. The molecule has 1 amide bonds. The quantitative estimate of drug-likeness (QED) is 0.904. The van der Waals surface area contributed by atoms with E-state index in [0.717, 1.165) is 19.3 Å². The highest BCUT2D eigenvalue weighted by atomic mass is 32.1. The first-order valence-electron chi connectivity index (χ1n) is 7.39. The maximum Gasteiger partial charge on any atom is 0.230 e. The summed E-state index contributed by atoms with van der Waals surface area (Å²) in [7, 11) is 0. The number of aryl methyl sites for hydroxylation is 1. The Morgan fingerprint density at radius 3 is 3.25 bits per heavy atom. The van der Waals surface area contributed by atoms with E-state index < -0.39 is 0 Å². The highest BCUT2D eigenvalue weighted by Crippen LogP contribution is 2.36. The predicted molar refractivity (Wildman–Crippen MR) is 80.0 cm³/mol. The molecule has 0 radical (unpaired) electrons. The topological polar surface area (TPSA) is 55.6 Å². The molecule has 1 aliphatic carbocycles. The maximum atomic E-state index is 12.8. The fourth-order valence-corrected chi connectivity index (χ4v) is 4.14. The van der Waals surface area contributed by atoms with Crippen molar-refractivity contribution in [2.24, 2.45) is 5.73 Å². The van der Waals surface area contributed by atoms with Crippen LogP contribution in [0.3, 0.4) is 0 Å². The molecule has 1 aromatic heterocycles. The summed E-state index contributed by atoms with van der Waals surface area (Å²) in [5, 5.41) is 2.11. The van der Waals surface area contributed by atoms with Crippen molar-refractivity contribution in [2.75, 3.05) is 19.7 Å². The van der Waals surface area contributed by atoms with E-state index >= 15 is 0 Å². The molecule has 20 heavy (non-hydrogen) atoms. The van der Waals surface area contributed by atoms with Gasteiger partial charge in [-0.05, 0) is 43.2 Å². The van der Waals surface area contributed by atoms with Crippen LogP contribution in [0.2, 0.25) is 0 Å². The Morgan fingerprint density at radius 2 is 2.45 bits per heavy atom. The summed E-state index contributed by atoms with van der Waals surface area (Å²) in [6.07, 6.45) is 3.19. The first-order chi connectivity index (χ1) is 9.66. The molecule has 1 saturated heterocycles. The fraction of sp³-hybridized carbons (Fsp3) is 0.667. The van der Waals surface area contributed by atoms with E-state index in [0.29, 0.717) is 19.7 Å². The van der Waals surface area contributed by atoms with Crippen molar-refractivity contribution in [2.45, 2.75) is 44.2 Å². The molecule has 2 heterocycles. The lowest BCUT2D eigenvalue weighted by molar-refractivity contribution is -0.141. The second kappa shape index (κ2) is 5.84. The Labute approximate surface area is 123 Å². The number of carbonyl (C=O) groups excluding carboxylic acids is 1. The molecular formula is C15H22N2O2S. The molecule has 2 N–H and O–H groups in total. The standard InChI is InChI=1S/C15H22N2O2S/c1-10(16)13-9-17(6-7-19-13)15(18)12-3-2-4-14-11(12)5-8-20-14/h5,8,10,12-13H,2-4,6-7,9,16H2,1H3. The van der Waals surface area contributed by atoms with Crippen molar-refractivity contribution in [1.29, 1.82) is 0 Å². The van der Waals surface area contributed by atoms with Crippen molar-refractivity contribution >= 4 is 17.2 Å². The van der Waals surface area contributed by atoms with Crippen molar-refractivity contribution in [3.8, 4) is 0 Å². The molecule has 3 atom stereocenters. The number of nitrogens with zero attached hydrogens (tertiary/aromatic N) is 1. The molecule has 0 spiro atoms. The first-order valence-corrected chi connectivity index (χ1v) is 8.27. The summed E-state index contributed by atoms with van der Waals surface area (Å²) in [6, 6.07) is 2.10. The molecule has 1 aliphatic heterocycles. The molecule has 1 fully saturated rings. The Kier molecular flexibility index (Phi) is 4.10. The van der Waals surface area contributed by atoms with E-state index in [1.807, 2.05) is 11.8 Å². The van der Waals surface area contributed by atoms with Crippen molar-refractivity contribution in [3.05, 3.63) is 21.9 Å². The molecule has 0 bridgehead atoms. The number of nitrogens with two attached hydrogens (primary N) is 1. The first kappa shape index (κ1) is 14.0. The Hall–Kier alpha value is -0.910. The zero-order chi connectivity index (χ0) is 14.1. The van der Waals surface area contributed by atoms with Gasteiger partial charge in [-0.2, -0.15) is 0 Å². The summed E-state index contributed by atoms with van der Waals surface area (Å²) in [5.41, 5.74) is 7.17. The molecule has 3 rings (SSSR count). The number of amides is 1. The maximum absolute atomic E-state index is 12.8. The van der Waals surface area contributed by atoms with Crippen LogP contribution in [-0.2, 0) is 16.0 Å². The summed E-state index contributed by atoms with van der Waals surface area (Å²) < 4.78 is 5.64. The van der Waals surface area contributed by atoms with Gasteiger partial charge in [0.15, 0.2) is 0 Å². The average Bonchev–Trinajstić information content (AvgIpc) is 2.95. The molecule has 2 aliphatic rings. The summed E-state index contributed by atoms with van der Waals surface area (Å²) >= 11 is 1.78. The summed E-state index contributed by atoms with van der Waals surface area (Å²) in [4.78, 5) is 16.2. The minimum absolute atomic E-state index is 0.0294. The highest BCUT2D eigenvalue weighted by Gasteiger charge is 2.34. The van der Waals surface area contributed by atoms with Crippen molar-refractivity contribution in [3.63, 3.8) is 0 Å². The van der Waals surface area contributed by atoms with Crippen LogP contribution in [0.4, 0.5) is 0 Å². The Balaban J connectivity index is 1.74. The van der Waals surface area contributed by atoms with Crippen LogP contribution in [-0.4, -0.2) is 42.6 Å². The second-order valence-corrected chi connectivity index (χ2v) is 6.80. The third kappa shape index (κ3) is 2.62. The van der Waals surface area contributed by atoms with E-state index in [1.54, 1.807) is 11.3 Å². The van der Waals surface area contributed by atoms with Crippen LogP contribution >= 0.6 is 11.3 Å². The molecule has 3 unspecified atom stereocenters. The normalized spacial score (nSPS) is 28.0. The number of hydrogen-bond acceptors (Lipinski definition) is 4. The van der Waals surface area contributed by atoms with E-state index in [9.17, 15) is 4.79 Å². The van der Waals surface area contributed by atoms with Crippen LogP contribution in [0.15, 0.2) is 11.4 Å². The number of fused-ring (bicyclic) bond motifs is 1. The summed E-state index contributed by atoms with van der Waals surface area (Å²) in [6.45, 7) is 3.86. The lowest BCUT2D eigenvalue weighted by Gasteiger charge is -2.37. The van der Waals surface area contributed by atoms with Crippen molar-refractivity contribution < 1.29 is 9.53 Å². The van der Waals surface area contributed by atoms with E-state index in [1.165, 1.54) is 10.4 Å². The zero-order valence-electron chi connectivity index (χ0n) is 11.9. The fourth-order valence-electron chi connectivity index (χ4n) is 3.16. The van der Waals surface area contributed by atoms with Gasteiger partial charge in [0, 0.05) is 24.0 Å². The molecule has 1 aromatic rings. The van der Waals surface area contributed by atoms with Gasteiger partial charge in [0.1, 0.15) is 0 Å². The van der Waals surface area contributed by atoms with Gasteiger partial charge in [0.05, 0.1) is 18.6 Å². The molecule has 0 aromatic carbocycles. The number of morpholine rings is 1. The van der Waals surface area contributed by atoms with Gasteiger partial charge in [-0.15, -0.1) is 11.3 Å². The second-order valence-electron chi connectivity index (χ2n) is 5.80. The predicted octanol–water partition coefficient (Wildman–Crippen LogP) is 1.74. The lowest BCUT2D eigenvalue weighted by Crippen LogP contribution is -2.52. The minimum Gasteiger partial charge on any atom is -0.373 e. The Morgan fingerprint density at radius 1 is 1.60 bits per heavy atom. The Bertz CT molecular complexity index is 486. The van der Waals surface area contributed by atoms with Crippen LogP contribution in [0.5, 0.6) is 0 Å². The van der Waals surface area contributed by atoms with Gasteiger partial charge >= 0.3 is 0 Å². The molecule has 4 nitrogen and oxygen atoms in total. The smallest absolute Gasteiger partial charge is 0.230 e. The average molecular weight is 294 g/mol. The van der Waals surface area contributed by atoms with Gasteiger partial charge < -0.3 is 15.4 Å². The van der Waals surface area contributed by atoms with Gasteiger partial charge in [0.2, 0.25) is 5.91 Å².